The van der Waals surface area contributed by atoms with E-state index in [-0.39, 0.29) is 5.41 Å². The van der Waals surface area contributed by atoms with Gasteiger partial charge in [-0.05, 0) is 36.6 Å². The molecular formula is C25H28N4. The van der Waals surface area contributed by atoms with Gasteiger partial charge in [-0.1, -0.05) is 70.2 Å². The van der Waals surface area contributed by atoms with Crippen LogP contribution < -0.4 is 5.32 Å². The van der Waals surface area contributed by atoms with Crippen molar-refractivity contribution in [3.05, 3.63) is 77.6 Å². The predicted octanol–water partition coefficient (Wildman–Crippen LogP) is 6.31. The zero-order valence-electron chi connectivity index (χ0n) is 17.8. The molecule has 148 valence electrons. The lowest BCUT2D eigenvalue weighted by molar-refractivity contribution is 0.569. The van der Waals surface area contributed by atoms with E-state index in [4.69, 9.17) is 10.1 Å². The molecule has 29 heavy (non-hydrogen) atoms. The first kappa shape index (κ1) is 19.2. The monoisotopic (exact) mass is 384 g/mol. The summed E-state index contributed by atoms with van der Waals surface area (Å²) >= 11 is 0. The average Bonchev–Trinajstić information content (AvgIpc) is 3.04. The number of benzene rings is 2. The summed E-state index contributed by atoms with van der Waals surface area (Å²) in [6.45, 7) is 10.8. The van der Waals surface area contributed by atoms with Crippen LogP contribution >= 0.6 is 0 Å². The molecule has 0 unspecified atom stereocenters. The second-order valence-electron chi connectivity index (χ2n) is 8.51. The molecule has 4 rings (SSSR count). The first-order valence-electron chi connectivity index (χ1n) is 10.2. The summed E-state index contributed by atoms with van der Waals surface area (Å²) in [5, 5.41) is 8.40. The van der Waals surface area contributed by atoms with Crippen molar-refractivity contribution in [2.45, 2.75) is 46.5 Å². The highest BCUT2D eigenvalue weighted by Gasteiger charge is 2.22. The largest absolute Gasteiger partial charge is 0.340 e. The Bertz CT molecular complexity index is 1130. The Morgan fingerprint density at radius 2 is 1.66 bits per heavy atom. The minimum absolute atomic E-state index is 0.0730. The molecule has 0 saturated carbocycles. The molecule has 0 aliphatic carbocycles. The van der Waals surface area contributed by atoms with E-state index in [1.54, 1.807) is 0 Å². The van der Waals surface area contributed by atoms with E-state index < -0.39 is 0 Å². The van der Waals surface area contributed by atoms with Crippen molar-refractivity contribution in [2.24, 2.45) is 0 Å². The van der Waals surface area contributed by atoms with E-state index in [0.29, 0.717) is 0 Å². The minimum Gasteiger partial charge on any atom is -0.340 e. The van der Waals surface area contributed by atoms with Crippen LogP contribution in [0, 0.1) is 6.92 Å². The number of nitrogens with zero attached hydrogens (tertiary/aromatic N) is 3. The van der Waals surface area contributed by atoms with Crippen LogP contribution in [0.3, 0.4) is 0 Å². The van der Waals surface area contributed by atoms with Gasteiger partial charge in [-0.15, -0.1) is 0 Å². The van der Waals surface area contributed by atoms with Crippen LogP contribution in [0.15, 0.2) is 60.7 Å². The predicted molar refractivity (Wildman–Crippen MR) is 121 cm³/mol. The fourth-order valence-electron chi connectivity index (χ4n) is 3.51. The lowest BCUT2D eigenvalue weighted by atomic mass is 9.92. The van der Waals surface area contributed by atoms with Gasteiger partial charge in [0.25, 0.3) is 0 Å². The molecule has 0 fully saturated rings. The highest BCUT2D eigenvalue weighted by Crippen LogP contribution is 2.32. The van der Waals surface area contributed by atoms with E-state index in [1.165, 1.54) is 5.56 Å². The van der Waals surface area contributed by atoms with E-state index in [9.17, 15) is 0 Å². The van der Waals surface area contributed by atoms with Crippen LogP contribution in [0.4, 0.5) is 11.5 Å². The molecule has 2 aromatic carbocycles. The van der Waals surface area contributed by atoms with E-state index in [2.05, 4.69) is 87.6 Å². The smallest absolute Gasteiger partial charge is 0.165 e. The van der Waals surface area contributed by atoms with Crippen LogP contribution in [-0.2, 0) is 11.8 Å². The summed E-state index contributed by atoms with van der Waals surface area (Å²) in [7, 11) is 0. The Hall–Kier alpha value is -3.14. The Labute approximate surface area is 172 Å². The molecule has 1 N–H and O–H groups in total. The maximum atomic E-state index is 5.03. The molecule has 0 saturated heterocycles. The number of aryl methyl sites for hydroxylation is 2. The van der Waals surface area contributed by atoms with Crippen molar-refractivity contribution in [3.63, 3.8) is 0 Å². The van der Waals surface area contributed by atoms with Crippen molar-refractivity contribution < 1.29 is 0 Å². The van der Waals surface area contributed by atoms with Crippen LogP contribution in [0.2, 0.25) is 0 Å². The number of hydrogen-bond acceptors (Lipinski definition) is 3. The molecule has 0 aliphatic rings. The Balaban J connectivity index is 1.91. The van der Waals surface area contributed by atoms with Crippen molar-refractivity contribution in [1.29, 1.82) is 0 Å². The molecular weight excluding hydrogens is 356 g/mol. The van der Waals surface area contributed by atoms with Gasteiger partial charge in [0.2, 0.25) is 0 Å². The third kappa shape index (κ3) is 3.75. The standard InChI is InChI=1S/C25H28N4/c1-6-18-12-14-20(15-13-18)26-22-16-21(25(3,4)5)27-24-23(17(2)28-29(22)24)19-10-8-7-9-11-19/h7-16,26H,6H2,1-5H3. The van der Waals surface area contributed by atoms with Crippen LogP contribution in [-0.4, -0.2) is 14.6 Å². The summed E-state index contributed by atoms with van der Waals surface area (Å²) < 4.78 is 1.93. The van der Waals surface area contributed by atoms with E-state index >= 15 is 0 Å². The number of nitrogens with one attached hydrogen (secondary N) is 1. The first-order valence-corrected chi connectivity index (χ1v) is 10.2. The second-order valence-corrected chi connectivity index (χ2v) is 8.51. The number of rotatable bonds is 4. The molecule has 0 radical (unpaired) electrons. The Morgan fingerprint density at radius 1 is 0.966 bits per heavy atom. The van der Waals surface area contributed by atoms with Crippen molar-refractivity contribution in [3.8, 4) is 11.1 Å². The molecule has 2 aromatic heterocycles. The third-order valence-corrected chi connectivity index (χ3v) is 5.23. The number of aromatic nitrogens is 3. The highest BCUT2D eigenvalue weighted by molar-refractivity contribution is 5.81. The number of anilines is 2. The summed E-state index contributed by atoms with van der Waals surface area (Å²) in [6, 6.07) is 21.1. The van der Waals surface area contributed by atoms with E-state index in [1.807, 2.05) is 17.5 Å². The van der Waals surface area contributed by atoms with Gasteiger partial charge in [-0.3, -0.25) is 0 Å². The molecule has 4 nitrogen and oxygen atoms in total. The summed E-state index contributed by atoms with van der Waals surface area (Å²) in [6.07, 6.45) is 1.03. The molecule has 0 aliphatic heterocycles. The molecule has 0 bridgehead atoms. The second kappa shape index (κ2) is 7.36. The van der Waals surface area contributed by atoms with Gasteiger partial charge in [0, 0.05) is 22.7 Å². The van der Waals surface area contributed by atoms with Gasteiger partial charge in [0.05, 0.1) is 11.4 Å². The molecule has 0 amide bonds. The van der Waals surface area contributed by atoms with Crippen LogP contribution in [0.5, 0.6) is 0 Å². The average molecular weight is 385 g/mol. The Kier molecular flexibility index (Phi) is 4.87. The zero-order valence-corrected chi connectivity index (χ0v) is 17.8. The summed E-state index contributed by atoms with van der Waals surface area (Å²) in [5.74, 6) is 0.925. The van der Waals surface area contributed by atoms with Gasteiger partial charge >= 0.3 is 0 Å². The molecule has 2 heterocycles. The lowest BCUT2D eigenvalue weighted by Crippen LogP contribution is -2.16. The number of fused-ring (bicyclic) bond motifs is 1. The Morgan fingerprint density at radius 3 is 2.28 bits per heavy atom. The maximum Gasteiger partial charge on any atom is 0.165 e. The minimum atomic E-state index is -0.0730. The van der Waals surface area contributed by atoms with Crippen molar-refractivity contribution in [1.82, 2.24) is 14.6 Å². The van der Waals surface area contributed by atoms with Crippen molar-refractivity contribution >= 4 is 17.2 Å². The normalized spacial score (nSPS) is 11.8. The van der Waals surface area contributed by atoms with Gasteiger partial charge in [0.1, 0.15) is 5.82 Å². The van der Waals surface area contributed by atoms with Gasteiger partial charge in [-0.2, -0.15) is 9.61 Å². The summed E-state index contributed by atoms with van der Waals surface area (Å²) in [4.78, 5) is 5.03. The SMILES string of the molecule is CCc1ccc(Nc2cc(C(C)(C)C)nc3c(-c4ccccc4)c(C)nn23)cc1. The highest BCUT2D eigenvalue weighted by atomic mass is 15.3. The fraction of sp³-hybridized carbons (Fsp3) is 0.280. The molecule has 4 aromatic rings. The number of hydrogen-bond donors (Lipinski definition) is 1. The fourth-order valence-corrected chi connectivity index (χ4v) is 3.51. The first-order chi connectivity index (χ1) is 13.9. The van der Waals surface area contributed by atoms with E-state index in [0.717, 1.165) is 46.1 Å². The van der Waals surface area contributed by atoms with Gasteiger partial charge in [-0.25, -0.2) is 4.98 Å². The molecule has 4 heteroatoms. The van der Waals surface area contributed by atoms with Gasteiger partial charge in [0.15, 0.2) is 5.65 Å². The van der Waals surface area contributed by atoms with Gasteiger partial charge < -0.3 is 5.32 Å². The summed E-state index contributed by atoms with van der Waals surface area (Å²) in [5.41, 5.74) is 7.41. The van der Waals surface area contributed by atoms with Crippen molar-refractivity contribution in [2.75, 3.05) is 5.32 Å². The molecule has 0 atom stereocenters. The topological polar surface area (TPSA) is 42.2 Å². The van der Waals surface area contributed by atoms with Crippen LogP contribution in [0.25, 0.3) is 16.8 Å². The molecule has 0 spiro atoms. The third-order valence-electron chi connectivity index (χ3n) is 5.23. The maximum absolute atomic E-state index is 5.03. The lowest BCUT2D eigenvalue weighted by Gasteiger charge is -2.20. The quantitative estimate of drug-likeness (QED) is 0.448. The van der Waals surface area contributed by atoms with Crippen LogP contribution in [0.1, 0.15) is 44.6 Å². The zero-order chi connectivity index (χ0) is 20.6.